The van der Waals surface area contributed by atoms with Crippen molar-refractivity contribution in [3.8, 4) is 0 Å². The van der Waals surface area contributed by atoms with Crippen LogP contribution < -0.4 is 11.0 Å². The molecule has 7 nitrogen and oxygen atoms in total. The molecule has 8 heteroatoms. The van der Waals surface area contributed by atoms with Gasteiger partial charge in [-0.1, -0.05) is 6.92 Å². The zero-order valence-corrected chi connectivity index (χ0v) is 13.5. The third-order valence-corrected chi connectivity index (χ3v) is 4.85. The molecule has 0 bridgehead atoms. The summed E-state index contributed by atoms with van der Waals surface area (Å²) in [4.78, 5) is 28.7. The fourth-order valence-corrected chi connectivity index (χ4v) is 3.47. The van der Waals surface area contributed by atoms with Crippen LogP contribution in [0.4, 0.5) is 0 Å². The quantitative estimate of drug-likeness (QED) is 0.888. The van der Waals surface area contributed by atoms with Crippen LogP contribution in [-0.4, -0.2) is 25.2 Å². The van der Waals surface area contributed by atoms with Gasteiger partial charge in [0.25, 0.3) is 0 Å². The van der Waals surface area contributed by atoms with Crippen molar-refractivity contribution >= 4 is 17.2 Å². The first kappa shape index (κ1) is 15.0. The lowest BCUT2D eigenvalue weighted by molar-refractivity contribution is -0.126. The Balaban J connectivity index is 1.61. The first-order chi connectivity index (χ1) is 10.6. The van der Waals surface area contributed by atoms with Gasteiger partial charge in [0.1, 0.15) is 10.8 Å². The van der Waals surface area contributed by atoms with Crippen molar-refractivity contribution in [2.45, 2.75) is 39.3 Å². The molecule has 22 heavy (non-hydrogen) atoms. The number of thiazole rings is 1. The Hall–Kier alpha value is -1.96. The van der Waals surface area contributed by atoms with Crippen molar-refractivity contribution in [3.63, 3.8) is 0 Å². The first-order valence-electron chi connectivity index (χ1n) is 7.42. The summed E-state index contributed by atoms with van der Waals surface area (Å²) >= 11 is 1.56. The second kappa shape index (κ2) is 6.04. The van der Waals surface area contributed by atoms with E-state index in [-0.39, 0.29) is 17.5 Å². The van der Waals surface area contributed by atoms with Crippen molar-refractivity contribution in [3.05, 3.63) is 32.4 Å². The standard InChI is InChI=1S/C14H19N5O2S/c1-3-10-8-22-12(16-10)6-15-13(20)9-4-5-11-17-18(2)14(21)19(11)7-9/h8-9H,3-7H2,1-2H3,(H,15,20). The van der Waals surface area contributed by atoms with E-state index in [0.29, 0.717) is 19.5 Å². The van der Waals surface area contributed by atoms with E-state index < -0.39 is 0 Å². The maximum atomic E-state index is 12.3. The predicted molar refractivity (Wildman–Crippen MR) is 82.6 cm³/mol. The van der Waals surface area contributed by atoms with Crippen LogP contribution in [0.5, 0.6) is 0 Å². The second-order valence-corrected chi connectivity index (χ2v) is 6.42. The summed E-state index contributed by atoms with van der Waals surface area (Å²) in [6.45, 7) is 2.92. The number of nitrogens with one attached hydrogen (secondary N) is 1. The molecule has 3 heterocycles. The number of nitrogens with zero attached hydrogens (tertiary/aromatic N) is 4. The minimum Gasteiger partial charge on any atom is -0.349 e. The number of aryl methyl sites for hydroxylation is 3. The van der Waals surface area contributed by atoms with Crippen molar-refractivity contribution in [1.82, 2.24) is 24.6 Å². The molecule has 0 aromatic carbocycles. The molecule has 1 amide bonds. The van der Waals surface area contributed by atoms with E-state index in [1.807, 2.05) is 5.38 Å². The van der Waals surface area contributed by atoms with E-state index in [4.69, 9.17) is 0 Å². The van der Waals surface area contributed by atoms with Crippen molar-refractivity contribution in [1.29, 1.82) is 0 Å². The molecule has 2 aromatic rings. The maximum Gasteiger partial charge on any atom is 0.345 e. The molecule has 0 radical (unpaired) electrons. The summed E-state index contributed by atoms with van der Waals surface area (Å²) in [6.07, 6.45) is 2.28. The van der Waals surface area contributed by atoms with Crippen LogP contribution in [0.1, 0.15) is 29.9 Å². The molecule has 0 aliphatic carbocycles. The highest BCUT2D eigenvalue weighted by atomic mass is 32.1. The first-order valence-corrected chi connectivity index (χ1v) is 8.30. The van der Waals surface area contributed by atoms with Crippen LogP contribution in [-0.2, 0) is 37.8 Å². The zero-order valence-electron chi connectivity index (χ0n) is 12.7. The lowest BCUT2D eigenvalue weighted by atomic mass is 9.98. The van der Waals surface area contributed by atoms with Gasteiger partial charge in [-0.05, 0) is 12.8 Å². The van der Waals surface area contributed by atoms with E-state index in [0.717, 1.165) is 29.4 Å². The number of carbonyl (C=O) groups excluding carboxylic acids is 1. The normalized spacial score (nSPS) is 17.3. The molecule has 118 valence electrons. The molecule has 0 spiro atoms. The Labute approximate surface area is 132 Å². The van der Waals surface area contributed by atoms with Gasteiger partial charge in [-0.15, -0.1) is 11.3 Å². The summed E-state index contributed by atoms with van der Waals surface area (Å²) in [6, 6.07) is 0. The molecular formula is C14H19N5O2S. The van der Waals surface area contributed by atoms with E-state index >= 15 is 0 Å². The Bertz CT molecular complexity index is 745. The van der Waals surface area contributed by atoms with E-state index in [1.165, 1.54) is 4.68 Å². The highest BCUT2D eigenvalue weighted by Crippen LogP contribution is 2.17. The fraction of sp³-hybridized carbons (Fsp3) is 0.571. The zero-order chi connectivity index (χ0) is 15.7. The van der Waals surface area contributed by atoms with Crippen molar-refractivity contribution in [2.75, 3.05) is 0 Å². The highest BCUT2D eigenvalue weighted by Gasteiger charge is 2.27. The average molecular weight is 321 g/mol. The summed E-state index contributed by atoms with van der Waals surface area (Å²) < 4.78 is 2.93. The van der Waals surface area contributed by atoms with Crippen LogP contribution in [0, 0.1) is 5.92 Å². The molecule has 1 unspecified atom stereocenters. The molecule has 1 aliphatic heterocycles. The molecular weight excluding hydrogens is 302 g/mol. The summed E-state index contributed by atoms with van der Waals surface area (Å²) in [5.74, 6) is 0.568. The molecule has 0 saturated carbocycles. The van der Waals surface area contributed by atoms with Crippen molar-refractivity contribution in [2.24, 2.45) is 13.0 Å². The van der Waals surface area contributed by atoms with Gasteiger partial charge in [0.15, 0.2) is 0 Å². The van der Waals surface area contributed by atoms with Crippen LogP contribution >= 0.6 is 11.3 Å². The molecule has 2 aromatic heterocycles. The SMILES string of the molecule is CCc1csc(CNC(=O)C2CCc3nn(C)c(=O)n3C2)n1. The monoisotopic (exact) mass is 321 g/mol. The number of aromatic nitrogens is 4. The number of hydrogen-bond acceptors (Lipinski definition) is 5. The number of fused-ring (bicyclic) bond motifs is 1. The van der Waals surface area contributed by atoms with Crippen molar-refractivity contribution < 1.29 is 4.79 Å². The van der Waals surface area contributed by atoms with Crippen LogP contribution in [0.25, 0.3) is 0 Å². The van der Waals surface area contributed by atoms with Gasteiger partial charge in [0, 0.05) is 25.4 Å². The minimum absolute atomic E-state index is 0.0188. The summed E-state index contributed by atoms with van der Waals surface area (Å²) in [5.41, 5.74) is 0.901. The smallest absolute Gasteiger partial charge is 0.345 e. The van der Waals surface area contributed by atoms with Gasteiger partial charge in [-0.2, -0.15) is 5.10 Å². The van der Waals surface area contributed by atoms with E-state index in [9.17, 15) is 9.59 Å². The van der Waals surface area contributed by atoms with Gasteiger partial charge < -0.3 is 5.32 Å². The van der Waals surface area contributed by atoms with E-state index in [2.05, 4.69) is 22.3 Å². The van der Waals surface area contributed by atoms with Crippen LogP contribution in [0.3, 0.4) is 0 Å². The van der Waals surface area contributed by atoms with Crippen LogP contribution in [0.2, 0.25) is 0 Å². The predicted octanol–water partition coefficient (Wildman–Crippen LogP) is 0.479. The molecule has 0 saturated heterocycles. The maximum absolute atomic E-state index is 12.3. The highest BCUT2D eigenvalue weighted by molar-refractivity contribution is 7.09. The molecule has 1 aliphatic rings. The summed E-state index contributed by atoms with van der Waals surface area (Å²) in [7, 11) is 1.64. The Kier molecular flexibility index (Phi) is 4.10. The molecule has 0 fully saturated rings. The lowest BCUT2D eigenvalue weighted by Crippen LogP contribution is -2.38. The van der Waals surface area contributed by atoms with Gasteiger partial charge in [0.2, 0.25) is 5.91 Å². The number of rotatable bonds is 4. The van der Waals surface area contributed by atoms with Crippen LogP contribution in [0.15, 0.2) is 10.2 Å². The third kappa shape index (κ3) is 2.83. The Morgan fingerprint density at radius 3 is 3.09 bits per heavy atom. The largest absolute Gasteiger partial charge is 0.349 e. The molecule has 1 atom stereocenters. The fourth-order valence-electron chi connectivity index (χ4n) is 2.65. The lowest BCUT2D eigenvalue weighted by Gasteiger charge is -2.21. The Morgan fingerprint density at radius 2 is 2.36 bits per heavy atom. The second-order valence-electron chi connectivity index (χ2n) is 5.47. The minimum atomic E-state index is -0.181. The molecule has 3 rings (SSSR count). The average Bonchev–Trinajstić information content (AvgIpc) is 3.10. The van der Waals surface area contributed by atoms with Gasteiger partial charge in [0.05, 0.1) is 18.2 Å². The van der Waals surface area contributed by atoms with E-state index in [1.54, 1.807) is 23.0 Å². The summed E-state index contributed by atoms with van der Waals surface area (Å²) in [5, 5.41) is 10.0. The van der Waals surface area contributed by atoms with Gasteiger partial charge >= 0.3 is 5.69 Å². The van der Waals surface area contributed by atoms with Gasteiger partial charge in [-0.3, -0.25) is 9.36 Å². The number of carbonyl (C=O) groups is 1. The topological polar surface area (TPSA) is 81.8 Å². The molecule has 1 N–H and O–H groups in total. The number of amides is 1. The Morgan fingerprint density at radius 1 is 1.55 bits per heavy atom. The van der Waals surface area contributed by atoms with Gasteiger partial charge in [-0.25, -0.2) is 14.5 Å². The number of hydrogen-bond donors (Lipinski definition) is 1. The third-order valence-electron chi connectivity index (χ3n) is 3.95.